The van der Waals surface area contributed by atoms with Gasteiger partial charge in [0.15, 0.2) is 0 Å². The van der Waals surface area contributed by atoms with Crippen LogP contribution in [0.5, 0.6) is 5.75 Å². The molecule has 0 spiro atoms. The van der Waals surface area contributed by atoms with Crippen LogP contribution >= 0.6 is 39.3 Å². The van der Waals surface area contributed by atoms with Crippen LogP contribution in [0.2, 0.25) is 5.02 Å². The molecule has 0 unspecified atom stereocenters. The van der Waals surface area contributed by atoms with Gasteiger partial charge in [-0.05, 0) is 51.8 Å². The Morgan fingerprint density at radius 2 is 2.03 bits per heavy atom. The first kappa shape index (κ1) is 26.5. The molecule has 1 aliphatic heterocycles. The molecule has 2 aromatic rings. The molecule has 182 valence electrons. The van der Waals surface area contributed by atoms with E-state index in [1.165, 1.54) is 19.2 Å². The van der Waals surface area contributed by atoms with E-state index in [1.807, 2.05) is 0 Å². The van der Waals surface area contributed by atoms with Crippen molar-refractivity contribution in [1.82, 2.24) is 5.32 Å². The molecule has 3 rings (SSSR count). The Labute approximate surface area is 217 Å². The molecule has 0 bridgehead atoms. The number of esters is 1. The van der Waals surface area contributed by atoms with Crippen LogP contribution in [0.15, 0.2) is 51.5 Å². The number of thioether (sulfide) groups is 1. The highest BCUT2D eigenvalue weighted by Gasteiger charge is 2.44. The lowest BCUT2D eigenvalue weighted by atomic mass is 9.78. The molecule has 0 fully saturated rings. The summed E-state index contributed by atoms with van der Waals surface area (Å²) in [6, 6.07) is 10.7. The second-order valence-corrected chi connectivity index (χ2v) is 9.43. The van der Waals surface area contributed by atoms with Crippen LogP contribution in [0.4, 0.5) is 10.1 Å². The largest absolute Gasteiger partial charge is 0.496 e. The number of allylic oxidation sites excluding steroid dienone is 1. The third-order valence-corrected chi connectivity index (χ3v) is 7.00. The fourth-order valence-electron chi connectivity index (χ4n) is 3.46. The highest BCUT2D eigenvalue weighted by Crippen LogP contribution is 2.42. The second kappa shape index (κ2) is 11.6. The number of methoxy groups -OCH3 is 2. The standard InChI is InChI=1S/C23H18BrClFN3O5S/c1-33-17-6-3-11(7-14(17)24)19-13(9-27)22(29-21(31)20(19)23(32)34-2)35-10-18(30)28-12-4-5-16(26)15(25)8-12/h3-8,19-20H,10H2,1-2H3,(H,28,30)(H,29,31)/t19-,20-/m0/s1. The lowest BCUT2D eigenvalue weighted by molar-refractivity contribution is -0.150. The summed E-state index contributed by atoms with van der Waals surface area (Å²) < 4.78 is 24.0. The van der Waals surface area contributed by atoms with Crippen LogP contribution in [0, 0.1) is 23.1 Å². The van der Waals surface area contributed by atoms with E-state index in [0.717, 1.165) is 24.9 Å². The highest BCUT2D eigenvalue weighted by atomic mass is 79.9. The summed E-state index contributed by atoms with van der Waals surface area (Å²) in [5.41, 5.74) is 0.888. The van der Waals surface area contributed by atoms with E-state index >= 15 is 0 Å². The maximum atomic E-state index is 13.3. The topological polar surface area (TPSA) is 118 Å². The minimum atomic E-state index is -1.31. The lowest BCUT2D eigenvalue weighted by Crippen LogP contribution is -2.44. The number of carbonyl (C=O) groups is 3. The van der Waals surface area contributed by atoms with E-state index < -0.39 is 35.4 Å². The zero-order valence-electron chi connectivity index (χ0n) is 18.4. The van der Waals surface area contributed by atoms with Gasteiger partial charge in [0.05, 0.1) is 46.1 Å². The summed E-state index contributed by atoms with van der Waals surface area (Å²) in [6.07, 6.45) is 0. The van der Waals surface area contributed by atoms with Crippen molar-refractivity contribution in [3.05, 3.63) is 67.9 Å². The summed E-state index contributed by atoms with van der Waals surface area (Å²) in [7, 11) is 2.65. The quantitative estimate of drug-likeness (QED) is 0.368. The normalized spacial score (nSPS) is 17.3. The molecule has 0 aliphatic carbocycles. The van der Waals surface area contributed by atoms with Crippen LogP contribution in [0.1, 0.15) is 11.5 Å². The van der Waals surface area contributed by atoms with Crippen molar-refractivity contribution >= 4 is 62.8 Å². The van der Waals surface area contributed by atoms with E-state index in [1.54, 1.807) is 18.2 Å². The Hall–Kier alpha value is -3.07. The molecular weight excluding hydrogens is 565 g/mol. The number of rotatable bonds is 7. The van der Waals surface area contributed by atoms with Gasteiger partial charge in [-0.3, -0.25) is 14.4 Å². The summed E-state index contributed by atoms with van der Waals surface area (Å²) in [5, 5.41) is 15.1. The van der Waals surface area contributed by atoms with Crippen molar-refractivity contribution in [1.29, 1.82) is 5.26 Å². The van der Waals surface area contributed by atoms with Crippen LogP contribution in [-0.2, 0) is 19.1 Å². The fraction of sp³-hybridized carbons (Fsp3) is 0.217. The maximum absolute atomic E-state index is 13.3. The van der Waals surface area contributed by atoms with Gasteiger partial charge in [0.2, 0.25) is 11.8 Å². The van der Waals surface area contributed by atoms with Crippen molar-refractivity contribution in [2.75, 3.05) is 25.3 Å². The summed E-state index contributed by atoms with van der Waals surface area (Å²) in [5.74, 6) is -4.49. The fourth-order valence-corrected chi connectivity index (χ4v) is 5.05. The lowest BCUT2D eigenvalue weighted by Gasteiger charge is -2.31. The molecule has 0 saturated heterocycles. The molecular formula is C23H18BrClFN3O5S. The van der Waals surface area contributed by atoms with Gasteiger partial charge >= 0.3 is 5.97 Å². The van der Waals surface area contributed by atoms with Crippen molar-refractivity contribution < 1.29 is 28.2 Å². The molecule has 35 heavy (non-hydrogen) atoms. The number of ether oxygens (including phenoxy) is 2. The molecule has 0 saturated carbocycles. The third-order valence-electron chi connectivity index (χ3n) is 5.07. The predicted molar refractivity (Wildman–Crippen MR) is 132 cm³/mol. The molecule has 2 N–H and O–H groups in total. The Kier molecular flexibility index (Phi) is 8.77. The number of nitrogens with one attached hydrogen (secondary N) is 2. The van der Waals surface area contributed by atoms with Gasteiger partial charge in [0.1, 0.15) is 17.5 Å². The highest BCUT2D eigenvalue weighted by molar-refractivity contribution is 9.10. The average molecular weight is 583 g/mol. The number of hydrogen-bond acceptors (Lipinski definition) is 7. The summed E-state index contributed by atoms with van der Waals surface area (Å²) in [6.45, 7) is 0. The molecule has 2 atom stereocenters. The minimum Gasteiger partial charge on any atom is -0.496 e. The van der Waals surface area contributed by atoms with E-state index in [9.17, 15) is 24.0 Å². The van der Waals surface area contributed by atoms with Gasteiger partial charge in [-0.25, -0.2) is 4.39 Å². The SMILES string of the molecule is COC(=O)[C@@H]1C(=O)NC(SCC(=O)Nc2ccc(F)c(Cl)c2)=C(C#N)[C@@H]1c1ccc(OC)c(Br)c1. The number of benzene rings is 2. The van der Waals surface area contributed by atoms with Gasteiger partial charge in [-0.15, -0.1) is 0 Å². The van der Waals surface area contributed by atoms with Gasteiger partial charge in [0.25, 0.3) is 0 Å². The zero-order valence-corrected chi connectivity index (χ0v) is 21.5. The van der Waals surface area contributed by atoms with Crippen LogP contribution in [-0.4, -0.2) is 37.8 Å². The maximum Gasteiger partial charge on any atom is 0.319 e. The first-order chi connectivity index (χ1) is 16.7. The van der Waals surface area contributed by atoms with Crippen molar-refractivity contribution in [3.8, 4) is 11.8 Å². The monoisotopic (exact) mass is 581 g/mol. The van der Waals surface area contributed by atoms with Crippen LogP contribution in [0.3, 0.4) is 0 Å². The zero-order chi connectivity index (χ0) is 25.7. The third kappa shape index (κ3) is 5.96. The number of nitrogens with zero attached hydrogens (tertiary/aromatic N) is 1. The Morgan fingerprint density at radius 3 is 2.63 bits per heavy atom. The molecule has 1 aliphatic rings. The molecule has 0 radical (unpaired) electrons. The number of nitriles is 1. The molecule has 8 nitrogen and oxygen atoms in total. The first-order valence-corrected chi connectivity index (χ1v) is 12.1. The van der Waals surface area contributed by atoms with Gasteiger partial charge in [-0.1, -0.05) is 29.4 Å². The van der Waals surface area contributed by atoms with Crippen molar-refractivity contribution in [2.24, 2.45) is 5.92 Å². The number of carbonyl (C=O) groups excluding carboxylic acids is 3. The van der Waals surface area contributed by atoms with Gasteiger partial charge in [0, 0.05) is 11.6 Å². The molecule has 2 amide bonds. The van der Waals surface area contributed by atoms with E-state index in [-0.39, 0.29) is 27.1 Å². The average Bonchev–Trinajstić information content (AvgIpc) is 2.84. The van der Waals surface area contributed by atoms with Crippen molar-refractivity contribution in [3.63, 3.8) is 0 Å². The van der Waals surface area contributed by atoms with Crippen molar-refractivity contribution in [2.45, 2.75) is 5.92 Å². The number of hydrogen-bond donors (Lipinski definition) is 2. The van der Waals surface area contributed by atoms with Crippen LogP contribution < -0.4 is 15.4 Å². The Bertz CT molecular complexity index is 1270. The van der Waals surface area contributed by atoms with E-state index in [0.29, 0.717) is 15.8 Å². The smallest absolute Gasteiger partial charge is 0.319 e. The molecule has 2 aromatic carbocycles. The Morgan fingerprint density at radius 1 is 1.29 bits per heavy atom. The first-order valence-electron chi connectivity index (χ1n) is 9.94. The number of halogens is 3. The minimum absolute atomic E-state index is 0.0969. The molecule has 12 heteroatoms. The number of anilines is 1. The molecule has 1 heterocycles. The van der Waals surface area contributed by atoms with E-state index in [4.69, 9.17) is 21.1 Å². The molecule has 0 aromatic heterocycles. The van der Waals surface area contributed by atoms with Gasteiger partial charge in [-0.2, -0.15) is 5.26 Å². The number of amides is 2. The summed E-state index contributed by atoms with van der Waals surface area (Å²) in [4.78, 5) is 37.8. The predicted octanol–water partition coefficient (Wildman–Crippen LogP) is 4.36. The van der Waals surface area contributed by atoms with Gasteiger partial charge < -0.3 is 20.1 Å². The second-order valence-electron chi connectivity index (χ2n) is 7.18. The Balaban J connectivity index is 1.91. The van der Waals surface area contributed by atoms with E-state index in [2.05, 4.69) is 32.6 Å². The summed E-state index contributed by atoms with van der Waals surface area (Å²) >= 11 is 10.0. The van der Waals surface area contributed by atoms with Crippen LogP contribution in [0.25, 0.3) is 0 Å².